The van der Waals surface area contributed by atoms with E-state index in [9.17, 15) is 9.59 Å². The maximum Gasteiger partial charge on any atom is 0.348 e. The fourth-order valence-corrected chi connectivity index (χ4v) is 4.54. The van der Waals surface area contributed by atoms with Crippen LogP contribution in [0.3, 0.4) is 0 Å². The molecule has 134 valence electrons. The first-order chi connectivity index (χ1) is 12.5. The minimum Gasteiger partial charge on any atom is -0.451 e. The topological polar surface area (TPSA) is 64.4 Å². The van der Waals surface area contributed by atoms with Gasteiger partial charge in [0, 0.05) is 24.2 Å². The van der Waals surface area contributed by atoms with Crippen molar-refractivity contribution >= 4 is 39.1 Å². The minimum absolute atomic E-state index is 0.0663. The van der Waals surface area contributed by atoms with Crippen molar-refractivity contribution in [2.24, 2.45) is 7.05 Å². The van der Waals surface area contributed by atoms with Gasteiger partial charge in [-0.15, -0.1) is 11.3 Å². The number of fused-ring (bicyclic) bond motifs is 2. The minimum atomic E-state index is -0.473. The van der Waals surface area contributed by atoms with Crippen molar-refractivity contribution in [3.05, 3.63) is 46.5 Å². The van der Waals surface area contributed by atoms with Crippen LogP contribution < -0.4 is 4.90 Å². The van der Waals surface area contributed by atoms with E-state index in [1.807, 2.05) is 45.2 Å². The lowest BCUT2D eigenvalue weighted by atomic mass is 10.1. The quantitative estimate of drug-likeness (QED) is 0.666. The number of aromatic nitrogens is 2. The molecule has 0 saturated heterocycles. The van der Waals surface area contributed by atoms with Crippen LogP contribution in [0, 0.1) is 6.92 Å². The summed E-state index contributed by atoms with van der Waals surface area (Å²) in [6, 6.07) is 9.69. The Hall–Kier alpha value is -2.67. The molecule has 3 heterocycles. The van der Waals surface area contributed by atoms with Crippen LogP contribution in [-0.2, 0) is 23.0 Å². The molecule has 2 aromatic heterocycles. The molecule has 0 spiro atoms. The van der Waals surface area contributed by atoms with Gasteiger partial charge in [-0.3, -0.25) is 9.48 Å². The lowest BCUT2D eigenvalue weighted by Gasteiger charge is -2.22. The van der Waals surface area contributed by atoms with Crippen LogP contribution in [0.15, 0.2) is 30.3 Å². The van der Waals surface area contributed by atoms with Crippen LogP contribution >= 0.6 is 11.3 Å². The largest absolute Gasteiger partial charge is 0.451 e. The van der Waals surface area contributed by atoms with Crippen LogP contribution in [0.5, 0.6) is 0 Å². The Morgan fingerprint density at radius 1 is 1.35 bits per heavy atom. The molecule has 7 heteroatoms. The van der Waals surface area contributed by atoms with Gasteiger partial charge in [0.05, 0.1) is 5.69 Å². The third-order valence-corrected chi connectivity index (χ3v) is 5.88. The first-order valence-corrected chi connectivity index (χ1v) is 9.27. The van der Waals surface area contributed by atoms with Gasteiger partial charge in [0.1, 0.15) is 9.71 Å². The van der Waals surface area contributed by atoms with Crippen molar-refractivity contribution in [1.29, 1.82) is 0 Å². The molecule has 4 rings (SSSR count). The number of amides is 1. The van der Waals surface area contributed by atoms with Crippen LogP contribution in [0.4, 0.5) is 5.69 Å². The molecule has 26 heavy (non-hydrogen) atoms. The molecule has 1 aliphatic heterocycles. The van der Waals surface area contributed by atoms with E-state index < -0.39 is 5.97 Å². The Bertz CT molecular complexity index is 986. The zero-order chi connectivity index (χ0) is 18.4. The Morgan fingerprint density at radius 3 is 2.88 bits per heavy atom. The monoisotopic (exact) mass is 369 g/mol. The number of carbonyl (C=O) groups excluding carboxylic acids is 2. The summed E-state index contributed by atoms with van der Waals surface area (Å²) < 4.78 is 7.05. The van der Waals surface area contributed by atoms with E-state index in [2.05, 4.69) is 5.10 Å². The van der Waals surface area contributed by atoms with Gasteiger partial charge >= 0.3 is 5.97 Å². The second kappa shape index (κ2) is 6.25. The number of ether oxygens (including phenoxy) is 1. The van der Waals surface area contributed by atoms with Crippen molar-refractivity contribution in [3.63, 3.8) is 0 Å². The Kier molecular flexibility index (Phi) is 4.03. The number of hydrogen-bond acceptors (Lipinski definition) is 5. The molecule has 0 radical (unpaired) electrons. The molecular formula is C19H19N3O3S. The predicted octanol–water partition coefficient (Wildman–Crippen LogP) is 3.08. The van der Waals surface area contributed by atoms with E-state index in [1.54, 1.807) is 15.6 Å². The summed E-state index contributed by atoms with van der Waals surface area (Å²) in [7, 11) is 1.84. The van der Waals surface area contributed by atoms with Gasteiger partial charge in [-0.25, -0.2) is 4.79 Å². The Balaban J connectivity index is 1.47. The number of thiophene rings is 1. The summed E-state index contributed by atoms with van der Waals surface area (Å²) in [5.74, 6) is -0.672. The zero-order valence-electron chi connectivity index (χ0n) is 14.9. The number of esters is 1. The molecule has 1 atom stereocenters. The highest BCUT2D eigenvalue weighted by atomic mass is 32.1. The van der Waals surface area contributed by atoms with Crippen molar-refractivity contribution in [3.8, 4) is 0 Å². The van der Waals surface area contributed by atoms with Gasteiger partial charge in [-0.1, -0.05) is 18.2 Å². The predicted molar refractivity (Wildman–Crippen MR) is 101 cm³/mol. The second-order valence-corrected chi connectivity index (χ2v) is 7.59. The lowest BCUT2D eigenvalue weighted by molar-refractivity contribution is -0.122. The summed E-state index contributed by atoms with van der Waals surface area (Å²) in [6.07, 6.45) is 0.818. The number of para-hydroxylation sites is 1. The highest BCUT2D eigenvalue weighted by Crippen LogP contribution is 2.32. The number of nitrogens with zero attached hydrogens (tertiary/aromatic N) is 3. The van der Waals surface area contributed by atoms with Gasteiger partial charge in [-0.2, -0.15) is 5.10 Å². The Morgan fingerprint density at radius 2 is 2.12 bits per heavy atom. The molecule has 0 aliphatic carbocycles. The second-order valence-electron chi connectivity index (χ2n) is 6.56. The van der Waals surface area contributed by atoms with Gasteiger partial charge in [0.15, 0.2) is 6.61 Å². The average molecular weight is 369 g/mol. The fraction of sp³-hybridized carbons (Fsp3) is 0.316. The van der Waals surface area contributed by atoms with E-state index in [4.69, 9.17) is 4.74 Å². The highest BCUT2D eigenvalue weighted by Gasteiger charge is 2.31. The SMILES string of the molecule is Cc1nn(C)c2sc(C(=O)OCC(=O)N3c4ccccc4CC3C)cc12. The van der Waals surface area contributed by atoms with Crippen molar-refractivity contribution in [2.45, 2.75) is 26.3 Å². The molecule has 1 aromatic carbocycles. The fourth-order valence-electron chi connectivity index (χ4n) is 3.52. The maximum absolute atomic E-state index is 12.6. The first-order valence-electron chi connectivity index (χ1n) is 8.46. The van der Waals surface area contributed by atoms with Gasteiger partial charge in [-0.05, 0) is 38.0 Å². The average Bonchev–Trinajstić information content (AvgIpc) is 3.26. The van der Waals surface area contributed by atoms with Crippen LogP contribution in [0.25, 0.3) is 10.2 Å². The molecule has 1 amide bonds. The number of benzene rings is 1. The summed E-state index contributed by atoms with van der Waals surface area (Å²) in [4.78, 5) is 28.1. The molecule has 0 N–H and O–H groups in total. The molecule has 0 saturated carbocycles. The number of aryl methyl sites for hydroxylation is 2. The van der Waals surface area contributed by atoms with E-state index in [0.717, 1.165) is 33.6 Å². The van der Waals surface area contributed by atoms with E-state index in [0.29, 0.717) is 4.88 Å². The van der Waals surface area contributed by atoms with Crippen molar-refractivity contribution in [1.82, 2.24) is 9.78 Å². The molecule has 0 bridgehead atoms. The van der Waals surface area contributed by atoms with Gasteiger partial charge < -0.3 is 9.64 Å². The molecule has 6 nitrogen and oxygen atoms in total. The normalized spacial score (nSPS) is 16.1. The number of hydrogen-bond donors (Lipinski definition) is 0. The summed E-state index contributed by atoms with van der Waals surface area (Å²) in [5.41, 5.74) is 2.92. The van der Waals surface area contributed by atoms with Crippen LogP contribution in [0.1, 0.15) is 27.9 Å². The summed E-state index contributed by atoms with van der Waals surface area (Å²) >= 11 is 1.33. The van der Waals surface area contributed by atoms with Crippen LogP contribution in [-0.4, -0.2) is 34.3 Å². The summed E-state index contributed by atoms with van der Waals surface area (Å²) in [5, 5.41) is 5.26. The molecular weight excluding hydrogens is 350 g/mol. The van der Waals surface area contributed by atoms with Crippen LogP contribution in [0.2, 0.25) is 0 Å². The zero-order valence-corrected chi connectivity index (χ0v) is 15.7. The smallest absolute Gasteiger partial charge is 0.348 e. The standard InChI is InChI=1S/C19H19N3O3S/c1-11-8-13-6-4-5-7-15(13)22(11)17(23)10-25-19(24)16-9-14-12(2)20-21(3)18(14)26-16/h4-7,9,11H,8,10H2,1-3H3. The van der Waals surface area contributed by atoms with Gasteiger partial charge in [0.2, 0.25) is 0 Å². The molecule has 0 fully saturated rings. The van der Waals surface area contributed by atoms with E-state index >= 15 is 0 Å². The van der Waals surface area contributed by atoms with E-state index in [1.165, 1.54) is 11.3 Å². The lowest BCUT2D eigenvalue weighted by Crippen LogP contribution is -2.38. The third-order valence-electron chi connectivity index (χ3n) is 4.70. The molecule has 3 aromatic rings. The van der Waals surface area contributed by atoms with E-state index in [-0.39, 0.29) is 18.6 Å². The summed E-state index contributed by atoms with van der Waals surface area (Å²) in [6.45, 7) is 3.64. The van der Waals surface area contributed by atoms with Gasteiger partial charge in [0.25, 0.3) is 5.91 Å². The Labute approximate surface area is 155 Å². The number of carbonyl (C=O) groups is 2. The number of rotatable bonds is 3. The highest BCUT2D eigenvalue weighted by molar-refractivity contribution is 7.20. The first kappa shape index (κ1) is 16.8. The number of anilines is 1. The third kappa shape index (κ3) is 2.68. The van der Waals surface area contributed by atoms with Crippen molar-refractivity contribution < 1.29 is 14.3 Å². The molecule has 1 aliphatic rings. The molecule has 1 unspecified atom stereocenters. The van der Waals surface area contributed by atoms with Crippen molar-refractivity contribution in [2.75, 3.05) is 11.5 Å². The maximum atomic E-state index is 12.6.